The van der Waals surface area contributed by atoms with Crippen molar-refractivity contribution in [2.75, 3.05) is 0 Å². The smallest absolute Gasteiger partial charge is 0.256 e. The molecule has 0 heterocycles. The van der Waals surface area contributed by atoms with Crippen LogP contribution in [0, 0.1) is 5.92 Å². The van der Waals surface area contributed by atoms with E-state index in [1.54, 1.807) is 0 Å². The predicted octanol–water partition coefficient (Wildman–Crippen LogP) is 2.16. The molecule has 0 radical (unpaired) electrons. The number of alkyl halides is 2. The number of halogens is 2. The van der Waals surface area contributed by atoms with Gasteiger partial charge in [0.2, 0.25) is 0 Å². The van der Waals surface area contributed by atoms with Crippen molar-refractivity contribution >= 4 is 0 Å². The molecule has 1 rings (SSSR count). The summed E-state index contributed by atoms with van der Waals surface area (Å²) in [5, 5.41) is 0. The molecule has 0 spiro atoms. The Morgan fingerprint density at radius 2 is 2.09 bits per heavy atom. The third-order valence-corrected chi connectivity index (χ3v) is 2.45. The van der Waals surface area contributed by atoms with Crippen molar-refractivity contribution in [2.45, 2.75) is 44.6 Å². The third-order valence-electron chi connectivity index (χ3n) is 2.45. The quantitative estimate of drug-likeness (QED) is 0.677. The molecule has 1 nitrogen and oxygen atoms in total. The van der Waals surface area contributed by atoms with Gasteiger partial charge in [-0.15, -0.1) is 0 Å². The SMILES string of the molecule is CC(N)(CC1CCC1)C(F)F. The van der Waals surface area contributed by atoms with Crippen molar-refractivity contribution in [1.82, 2.24) is 0 Å². The van der Waals surface area contributed by atoms with E-state index in [1.165, 1.54) is 13.3 Å². The molecule has 0 aromatic heterocycles. The van der Waals surface area contributed by atoms with E-state index in [0.29, 0.717) is 12.3 Å². The molecule has 0 bridgehead atoms. The maximum absolute atomic E-state index is 12.2. The van der Waals surface area contributed by atoms with E-state index in [2.05, 4.69) is 0 Å². The van der Waals surface area contributed by atoms with E-state index in [4.69, 9.17) is 5.73 Å². The fraction of sp³-hybridized carbons (Fsp3) is 1.00. The van der Waals surface area contributed by atoms with Gasteiger partial charge >= 0.3 is 0 Å². The van der Waals surface area contributed by atoms with Gasteiger partial charge in [-0.2, -0.15) is 0 Å². The standard InChI is InChI=1S/C8H15F2N/c1-8(11,7(9)10)5-6-3-2-4-6/h6-7H,2-5,11H2,1H3. The zero-order chi connectivity index (χ0) is 8.48. The first-order valence-corrected chi connectivity index (χ1v) is 4.09. The molecule has 0 amide bonds. The molecule has 66 valence electrons. The molecule has 11 heavy (non-hydrogen) atoms. The highest BCUT2D eigenvalue weighted by atomic mass is 19.3. The molecule has 0 saturated heterocycles. The first-order valence-electron chi connectivity index (χ1n) is 4.09. The molecular formula is C8H15F2N. The highest BCUT2D eigenvalue weighted by Gasteiger charge is 2.34. The Morgan fingerprint density at radius 3 is 2.36 bits per heavy atom. The second-order valence-corrected chi connectivity index (χ2v) is 3.81. The van der Waals surface area contributed by atoms with E-state index in [9.17, 15) is 8.78 Å². The lowest BCUT2D eigenvalue weighted by Crippen LogP contribution is -2.46. The lowest BCUT2D eigenvalue weighted by molar-refractivity contribution is 0.0402. The largest absolute Gasteiger partial charge is 0.321 e. The second-order valence-electron chi connectivity index (χ2n) is 3.81. The van der Waals surface area contributed by atoms with Gasteiger partial charge < -0.3 is 5.73 Å². The van der Waals surface area contributed by atoms with E-state index in [0.717, 1.165) is 12.8 Å². The second kappa shape index (κ2) is 3.05. The average molecular weight is 163 g/mol. The van der Waals surface area contributed by atoms with Crippen LogP contribution >= 0.6 is 0 Å². The minimum atomic E-state index is -2.39. The fourth-order valence-electron chi connectivity index (χ4n) is 1.41. The zero-order valence-corrected chi connectivity index (χ0v) is 6.82. The van der Waals surface area contributed by atoms with E-state index in [1.807, 2.05) is 0 Å². The van der Waals surface area contributed by atoms with Crippen LogP contribution in [0.2, 0.25) is 0 Å². The fourth-order valence-corrected chi connectivity index (χ4v) is 1.41. The molecule has 1 aliphatic carbocycles. The van der Waals surface area contributed by atoms with Crippen molar-refractivity contribution in [3.63, 3.8) is 0 Å². The Balaban J connectivity index is 2.32. The summed E-state index contributed by atoms with van der Waals surface area (Å²) in [6, 6.07) is 0. The predicted molar refractivity (Wildman–Crippen MR) is 40.6 cm³/mol. The van der Waals surface area contributed by atoms with Gasteiger partial charge in [-0.3, -0.25) is 0 Å². The van der Waals surface area contributed by atoms with Crippen LogP contribution in [0.15, 0.2) is 0 Å². The Hall–Kier alpha value is -0.180. The van der Waals surface area contributed by atoms with Crippen LogP contribution in [0.25, 0.3) is 0 Å². The number of hydrogen-bond acceptors (Lipinski definition) is 1. The molecule has 1 unspecified atom stereocenters. The summed E-state index contributed by atoms with van der Waals surface area (Å²) in [4.78, 5) is 0. The Labute approximate surface area is 66.0 Å². The molecule has 0 aliphatic heterocycles. The summed E-state index contributed by atoms with van der Waals surface area (Å²) in [7, 11) is 0. The third kappa shape index (κ3) is 2.12. The normalized spacial score (nSPS) is 24.8. The van der Waals surface area contributed by atoms with Gasteiger partial charge in [0, 0.05) is 0 Å². The Morgan fingerprint density at radius 1 is 1.55 bits per heavy atom. The maximum Gasteiger partial charge on any atom is 0.256 e. The monoisotopic (exact) mass is 163 g/mol. The molecule has 0 aromatic rings. The molecule has 0 aromatic carbocycles. The average Bonchev–Trinajstić information content (AvgIpc) is 1.79. The lowest BCUT2D eigenvalue weighted by Gasteiger charge is -2.33. The topological polar surface area (TPSA) is 26.0 Å². The van der Waals surface area contributed by atoms with Crippen molar-refractivity contribution in [3.05, 3.63) is 0 Å². The summed E-state index contributed by atoms with van der Waals surface area (Å²) in [6.45, 7) is 1.44. The van der Waals surface area contributed by atoms with Gasteiger partial charge in [0.05, 0.1) is 5.54 Å². The van der Waals surface area contributed by atoms with Crippen LogP contribution in [0.4, 0.5) is 8.78 Å². The first-order chi connectivity index (χ1) is 5.02. The van der Waals surface area contributed by atoms with Gasteiger partial charge in [0.1, 0.15) is 0 Å². The summed E-state index contributed by atoms with van der Waals surface area (Å²) < 4.78 is 24.4. The number of rotatable bonds is 3. The highest BCUT2D eigenvalue weighted by molar-refractivity contribution is 4.86. The van der Waals surface area contributed by atoms with E-state index < -0.39 is 12.0 Å². The van der Waals surface area contributed by atoms with Crippen molar-refractivity contribution in [3.8, 4) is 0 Å². The molecule has 3 heteroatoms. The van der Waals surface area contributed by atoms with Gasteiger partial charge in [0.25, 0.3) is 6.43 Å². The summed E-state index contributed by atoms with van der Waals surface area (Å²) in [5.41, 5.74) is 4.16. The minimum absolute atomic E-state index is 0.457. The van der Waals surface area contributed by atoms with Crippen LogP contribution in [0.3, 0.4) is 0 Å². The molecule has 1 fully saturated rings. The van der Waals surface area contributed by atoms with Gasteiger partial charge in [-0.05, 0) is 19.3 Å². The van der Waals surface area contributed by atoms with Gasteiger partial charge in [-0.1, -0.05) is 19.3 Å². The molecule has 2 N–H and O–H groups in total. The van der Waals surface area contributed by atoms with Crippen molar-refractivity contribution < 1.29 is 8.78 Å². The Kier molecular flexibility index (Phi) is 2.47. The maximum atomic E-state index is 12.2. The summed E-state index contributed by atoms with van der Waals surface area (Å²) >= 11 is 0. The Bertz CT molecular complexity index is 130. The summed E-state index contributed by atoms with van der Waals surface area (Å²) in [5.74, 6) is 0.457. The van der Waals surface area contributed by atoms with Crippen molar-refractivity contribution in [1.29, 1.82) is 0 Å². The zero-order valence-electron chi connectivity index (χ0n) is 6.82. The molecule has 1 aliphatic rings. The minimum Gasteiger partial charge on any atom is -0.321 e. The van der Waals surface area contributed by atoms with E-state index >= 15 is 0 Å². The molecule has 1 atom stereocenters. The van der Waals surface area contributed by atoms with Gasteiger partial charge in [0.15, 0.2) is 0 Å². The van der Waals surface area contributed by atoms with Crippen LogP contribution in [0.1, 0.15) is 32.6 Å². The highest BCUT2D eigenvalue weighted by Crippen LogP contribution is 2.34. The first kappa shape index (κ1) is 8.91. The van der Waals surface area contributed by atoms with E-state index in [-0.39, 0.29) is 0 Å². The van der Waals surface area contributed by atoms with Crippen LogP contribution in [0.5, 0.6) is 0 Å². The summed E-state index contributed by atoms with van der Waals surface area (Å²) in [6.07, 6.45) is 1.44. The van der Waals surface area contributed by atoms with Gasteiger partial charge in [-0.25, -0.2) is 8.78 Å². The van der Waals surface area contributed by atoms with Crippen LogP contribution < -0.4 is 5.73 Å². The number of hydrogen-bond donors (Lipinski definition) is 1. The van der Waals surface area contributed by atoms with Crippen LogP contribution in [-0.4, -0.2) is 12.0 Å². The number of nitrogens with two attached hydrogens (primary N) is 1. The van der Waals surface area contributed by atoms with Crippen molar-refractivity contribution in [2.24, 2.45) is 11.7 Å². The molecular weight excluding hydrogens is 148 g/mol. The van der Waals surface area contributed by atoms with Crippen LogP contribution in [-0.2, 0) is 0 Å². The lowest BCUT2D eigenvalue weighted by atomic mass is 9.77. The molecule has 1 saturated carbocycles.